The highest BCUT2D eigenvalue weighted by Gasteiger charge is 2.55. The van der Waals surface area contributed by atoms with Crippen LogP contribution < -0.4 is 0 Å². The second-order valence-electron chi connectivity index (χ2n) is 4.96. The van der Waals surface area contributed by atoms with E-state index in [1.165, 1.54) is 21.0 Å². The Morgan fingerprint density at radius 1 is 1.32 bits per heavy atom. The van der Waals surface area contributed by atoms with Crippen molar-refractivity contribution in [2.24, 2.45) is 11.8 Å². The first-order chi connectivity index (χ1) is 10.3. The summed E-state index contributed by atoms with van der Waals surface area (Å²) in [6.45, 7) is 2.91. The number of rotatable bonds is 8. The van der Waals surface area contributed by atoms with E-state index in [-0.39, 0.29) is 32.8 Å². The molecular formula is C13H23F2O6P. The number of alkyl halides is 2. The second-order valence-corrected chi connectivity index (χ2v) is 7.12. The zero-order chi connectivity index (χ0) is 16.8. The van der Waals surface area contributed by atoms with Gasteiger partial charge in [0.2, 0.25) is 0 Å². The summed E-state index contributed by atoms with van der Waals surface area (Å²) in [5, 5.41) is 0. The molecule has 0 aromatic carbocycles. The molecule has 1 aliphatic heterocycles. The van der Waals surface area contributed by atoms with Crippen LogP contribution in [0, 0.1) is 11.8 Å². The molecule has 1 fully saturated rings. The van der Waals surface area contributed by atoms with Crippen LogP contribution in [-0.4, -0.2) is 45.2 Å². The summed E-state index contributed by atoms with van der Waals surface area (Å²) < 4.78 is 60.5. The number of hydrogen-bond acceptors (Lipinski definition) is 6. The van der Waals surface area contributed by atoms with Crippen molar-refractivity contribution in [3.63, 3.8) is 0 Å². The third-order valence-corrected chi connectivity index (χ3v) is 5.69. The Balaban J connectivity index is 2.91. The van der Waals surface area contributed by atoms with Crippen LogP contribution in [0.4, 0.5) is 8.78 Å². The largest absolute Gasteiger partial charge is 0.469 e. The third-order valence-electron chi connectivity index (χ3n) is 3.51. The number of ether oxygens (including phenoxy) is 2. The van der Waals surface area contributed by atoms with Crippen molar-refractivity contribution in [1.82, 2.24) is 0 Å². The topological polar surface area (TPSA) is 71.1 Å². The standard InChI is InChI=1S/C13H23F2O6P/c1-4-20-22(17,21-5-2)13(14,15)8-10-6-7-19-9-11(10)12(16)18-3/h10-11H,4-9H2,1-3H3/t10-,11-/m0/s1. The number of carbonyl (C=O) groups excluding carboxylic acids is 1. The van der Waals surface area contributed by atoms with Crippen LogP contribution in [0.5, 0.6) is 0 Å². The van der Waals surface area contributed by atoms with Gasteiger partial charge in [-0.1, -0.05) is 0 Å². The highest BCUT2D eigenvalue weighted by molar-refractivity contribution is 7.55. The minimum atomic E-state index is -4.58. The van der Waals surface area contributed by atoms with Crippen LogP contribution in [0.2, 0.25) is 0 Å². The van der Waals surface area contributed by atoms with Crippen molar-refractivity contribution in [2.45, 2.75) is 32.4 Å². The fourth-order valence-corrected chi connectivity index (χ4v) is 4.02. The van der Waals surface area contributed by atoms with E-state index in [4.69, 9.17) is 13.8 Å². The van der Waals surface area contributed by atoms with Gasteiger partial charge in [-0.05, 0) is 26.2 Å². The molecule has 0 radical (unpaired) electrons. The number of esters is 1. The van der Waals surface area contributed by atoms with Gasteiger partial charge in [-0.2, -0.15) is 8.78 Å². The van der Waals surface area contributed by atoms with Crippen molar-refractivity contribution in [3.05, 3.63) is 0 Å². The maximum absolute atomic E-state index is 14.5. The van der Waals surface area contributed by atoms with Gasteiger partial charge in [0.05, 0.1) is 32.8 Å². The summed E-state index contributed by atoms with van der Waals surface area (Å²) in [6.07, 6.45) is -0.513. The van der Waals surface area contributed by atoms with Gasteiger partial charge in [-0.3, -0.25) is 9.36 Å². The van der Waals surface area contributed by atoms with E-state index in [1.54, 1.807) is 0 Å². The van der Waals surface area contributed by atoms with E-state index in [0.717, 1.165) is 0 Å². The van der Waals surface area contributed by atoms with E-state index < -0.39 is 37.5 Å². The molecule has 0 bridgehead atoms. The van der Waals surface area contributed by atoms with Gasteiger partial charge < -0.3 is 18.5 Å². The number of methoxy groups -OCH3 is 1. The predicted octanol–water partition coefficient (Wildman–Crippen LogP) is 3.06. The zero-order valence-corrected chi connectivity index (χ0v) is 13.9. The van der Waals surface area contributed by atoms with Gasteiger partial charge in [-0.25, -0.2) is 0 Å². The smallest absolute Gasteiger partial charge is 0.399 e. The minimum absolute atomic E-state index is 0.0149. The van der Waals surface area contributed by atoms with Crippen LogP contribution in [0.15, 0.2) is 0 Å². The lowest BCUT2D eigenvalue weighted by Crippen LogP contribution is -2.38. The van der Waals surface area contributed by atoms with Crippen molar-refractivity contribution in [3.8, 4) is 0 Å². The van der Waals surface area contributed by atoms with E-state index in [9.17, 15) is 18.1 Å². The molecule has 2 atom stereocenters. The Bertz CT molecular complexity index is 407. The van der Waals surface area contributed by atoms with Crippen LogP contribution in [0.1, 0.15) is 26.7 Å². The summed E-state index contributed by atoms with van der Waals surface area (Å²) in [5.41, 5.74) is -3.67. The van der Waals surface area contributed by atoms with Gasteiger partial charge in [0.15, 0.2) is 0 Å². The summed E-state index contributed by atoms with van der Waals surface area (Å²) in [7, 11) is -3.39. The summed E-state index contributed by atoms with van der Waals surface area (Å²) in [6, 6.07) is 0. The van der Waals surface area contributed by atoms with Gasteiger partial charge in [0.1, 0.15) is 0 Å². The summed E-state index contributed by atoms with van der Waals surface area (Å²) in [5.74, 6) is -2.12. The number of carbonyl (C=O) groups is 1. The molecule has 0 amide bonds. The van der Waals surface area contributed by atoms with Gasteiger partial charge in [0, 0.05) is 13.0 Å². The molecule has 1 aliphatic rings. The minimum Gasteiger partial charge on any atom is -0.469 e. The van der Waals surface area contributed by atoms with E-state index in [0.29, 0.717) is 0 Å². The predicted molar refractivity (Wildman–Crippen MR) is 74.9 cm³/mol. The monoisotopic (exact) mass is 344 g/mol. The molecule has 0 unspecified atom stereocenters. The molecule has 130 valence electrons. The zero-order valence-electron chi connectivity index (χ0n) is 13.0. The van der Waals surface area contributed by atoms with Crippen molar-refractivity contribution in [1.29, 1.82) is 0 Å². The van der Waals surface area contributed by atoms with Crippen molar-refractivity contribution in [2.75, 3.05) is 33.5 Å². The van der Waals surface area contributed by atoms with Gasteiger partial charge in [-0.15, -0.1) is 0 Å². The SMILES string of the molecule is CCOP(=O)(OCC)C(F)(F)C[C@@H]1CCOC[C@@H]1C(=O)OC. The Labute approximate surface area is 129 Å². The van der Waals surface area contributed by atoms with Gasteiger partial charge >= 0.3 is 19.2 Å². The maximum atomic E-state index is 14.5. The molecular weight excluding hydrogens is 321 g/mol. The Hall–Kier alpha value is -0.560. The quantitative estimate of drug-likeness (QED) is 0.498. The lowest BCUT2D eigenvalue weighted by molar-refractivity contribution is -0.154. The molecule has 0 N–H and O–H groups in total. The summed E-state index contributed by atoms with van der Waals surface area (Å²) >= 11 is 0. The van der Waals surface area contributed by atoms with Crippen LogP contribution in [0.25, 0.3) is 0 Å². The van der Waals surface area contributed by atoms with Crippen LogP contribution >= 0.6 is 7.60 Å². The molecule has 9 heteroatoms. The Morgan fingerprint density at radius 3 is 2.41 bits per heavy atom. The molecule has 0 spiro atoms. The van der Waals surface area contributed by atoms with E-state index in [1.807, 2.05) is 0 Å². The molecule has 0 aromatic rings. The number of halogens is 2. The normalized spacial score (nSPS) is 23.3. The fraction of sp³-hybridized carbons (Fsp3) is 0.923. The molecule has 1 rings (SSSR count). The molecule has 1 saturated heterocycles. The first-order valence-electron chi connectivity index (χ1n) is 7.24. The highest BCUT2D eigenvalue weighted by Crippen LogP contribution is 2.64. The average molecular weight is 344 g/mol. The lowest BCUT2D eigenvalue weighted by atomic mass is 9.86. The molecule has 1 heterocycles. The first-order valence-corrected chi connectivity index (χ1v) is 8.78. The van der Waals surface area contributed by atoms with E-state index in [2.05, 4.69) is 4.74 Å². The van der Waals surface area contributed by atoms with Crippen molar-refractivity contribution >= 4 is 13.6 Å². The second kappa shape index (κ2) is 8.34. The molecule has 0 aromatic heterocycles. The van der Waals surface area contributed by atoms with Crippen molar-refractivity contribution < 1.29 is 36.7 Å². The van der Waals surface area contributed by atoms with E-state index >= 15 is 0 Å². The fourth-order valence-electron chi connectivity index (χ4n) is 2.43. The lowest BCUT2D eigenvalue weighted by Gasteiger charge is -2.34. The van der Waals surface area contributed by atoms with Crippen LogP contribution in [0.3, 0.4) is 0 Å². The molecule has 22 heavy (non-hydrogen) atoms. The Kier molecular flexibility index (Phi) is 7.38. The average Bonchev–Trinajstić information content (AvgIpc) is 2.47. The summed E-state index contributed by atoms with van der Waals surface area (Å²) in [4.78, 5) is 11.7. The Morgan fingerprint density at radius 2 is 1.91 bits per heavy atom. The van der Waals surface area contributed by atoms with Gasteiger partial charge in [0.25, 0.3) is 0 Å². The molecule has 6 nitrogen and oxygen atoms in total. The van der Waals surface area contributed by atoms with Crippen LogP contribution in [-0.2, 0) is 27.9 Å². The third kappa shape index (κ3) is 4.47. The molecule has 0 saturated carbocycles. The maximum Gasteiger partial charge on any atom is 0.399 e. The first kappa shape index (κ1) is 19.5. The highest BCUT2D eigenvalue weighted by atomic mass is 31.2. The number of hydrogen-bond donors (Lipinski definition) is 0. The molecule has 0 aliphatic carbocycles.